The number of anilines is 2. The first kappa shape index (κ1) is 21.0. The molecule has 0 fully saturated rings. The first-order valence-electron chi connectivity index (χ1n) is 8.99. The topological polar surface area (TPSA) is 66.5 Å². The lowest BCUT2D eigenvalue weighted by molar-refractivity contribution is -0.116. The quantitative estimate of drug-likeness (QED) is 0.776. The molecule has 0 atom stereocenters. The van der Waals surface area contributed by atoms with Gasteiger partial charge in [0.05, 0.1) is 11.9 Å². The van der Waals surface area contributed by atoms with Crippen LogP contribution in [0.2, 0.25) is 0 Å². The van der Waals surface area contributed by atoms with Crippen molar-refractivity contribution in [2.45, 2.75) is 40.5 Å². The Hall–Kier alpha value is -2.34. The van der Waals surface area contributed by atoms with Crippen LogP contribution >= 0.6 is 0 Å². The minimum atomic E-state index is -3.42. The van der Waals surface area contributed by atoms with Crippen molar-refractivity contribution in [1.82, 2.24) is 0 Å². The minimum absolute atomic E-state index is 0.117. The van der Waals surface area contributed by atoms with Crippen LogP contribution in [-0.2, 0) is 14.8 Å². The summed E-state index contributed by atoms with van der Waals surface area (Å²) in [5.74, 6) is -0.117. The number of carbonyl (C=O) groups is 1. The van der Waals surface area contributed by atoms with Crippen molar-refractivity contribution in [3.8, 4) is 0 Å². The zero-order valence-corrected chi connectivity index (χ0v) is 17.5. The fraction of sp³-hybridized carbons (Fsp3) is 0.381. The van der Waals surface area contributed by atoms with Gasteiger partial charge >= 0.3 is 0 Å². The van der Waals surface area contributed by atoms with Gasteiger partial charge in [-0.3, -0.25) is 9.10 Å². The van der Waals surface area contributed by atoms with Crippen LogP contribution in [0, 0.1) is 27.7 Å². The van der Waals surface area contributed by atoms with E-state index < -0.39 is 10.0 Å². The van der Waals surface area contributed by atoms with E-state index in [4.69, 9.17) is 0 Å². The van der Waals surface area contributed by atoms with Gasteiger partial charge in [-0.1, -0.05) is 12.1 Å². The van der Waals surface area contributed by atoms with Crippen LogP contribution in [0.25, 0.3) is 0 Å². The first-order chi connectivity index (χ1) is 12.5. The second kappa shape index (κ2) is 8.57. The molecule has 0 bridgehead atoms. The van der Waals surface area contributed by atoms with Crippen LogP contribution in [-0.4, -0.2) is 27.1 Å². The van der Waals surface area contributed by atoms with Crippen LogP contribution in [0.5, 0.6) is 0 Å². The van der Waals surface area contributed by atoms with Gasteiger partial charge in [0.25, 0.3) is 0 Å². The second-order valence-electron chi connectivity index (χ2n) is 7.21. The molecule has 0 aliphatic rings. The van der Waals surface area contributed by atoms with Crippen molar-refractivity contribution in [3.63, 3.8) is 0 Å². The van der Waals surface area contributed by atoms with Gasteiger partial charge in [-0.15, -0.1) is 0 Å². The van der Waals surface area contributed by atoms with E-state index in [0.29, 0.717) is 12.1 Å². The summed E-state index contributed by atoms with van der Waals surface area (Å²) in [5.41, 5.74) is 5.60. The third-order valence-electron chi connectivity index (χ3n) is 4.17. The lowest BCUT2D eigenvalue weighted by atomic mass is 10.1. The number of carbonyl (C=O) groups excluding carboxylic acids is 1. The number of rotatable bonds is 7. The Labute approximate surface area is 162 Å². The highest BCUT2D eigenvalue weighted by molar-refractivity contribution is 7.92. The number of nitrogens with zero attached hydrogens (tertiary/aromatic N) is 1. The van der Waals surface area contributed by atoms with Crippen molar-refractivity contribution >= 4 is 27.3 Å². The standard InChI is InChI=1S/C21H28N2O3S/c1-15-9-16(2)12-19(11-15)22-21(24)7-6-8-23(27(5,25)26)20-13-17(3)10-18(4)14-20/h9-14H,6-8H2,1-5H3,(H,22,24). The Morgan fingerprint density at radius 1 is 0.889 bits per heavy atom. The molecule has 2 aromatic carbocycles. The molecule has 0 saturated carbocycles. The lowest BCUT2D eigenvalue weighted by Gasteiger charge is -2.23. The molecule has 2 rings (SSSR count). The molecular weight excluding hydrogens is 360 g/mol. The predicted molar refractivity (Wildman–Crippen MR) is 112 cm³/mol. The van der Waals surface area contributed by atoms with Crippen LogP contribution in [0.15, 0.2) is 36.4 Å². The van der Waals surface area contributed by atoms with E-state index in [1.54, 1.807) is 0 Å². The monoisotopic (exact) mass is 388 g/mol. The van der Waals surface area contributed by atoms with Gasteiger partial charge in [0.15, 0.2) is 0 Å². The maximum absolute atomic E-state index is 12.2. The second-order valence-corrected chi connectivity index (χ2v) is 9.12. The van der Waals surface area contributed by atoms with Crippen LogP contribution < -0.4 is 9.62 Å². The molecule has 0 aromatic heterocycles. The van der Waals surface area contributed by atoms with Crippen molar-refractivity contribution in [1.29, 1.82) is 0 Å². The molecule has 2 aromatic rings. The molecule has 5 nitrogen and oxygen atoms in total. The van der Waals surface area contributed by atoms with Gasteiger partial charge in [-0.2, -0.15) is 0 Å². The highest BCUT2D eigenvalue weighted by Crippen LogP contribution is 2.22. The van der Waals surface area contributed by atoms with Gasteiger partial charge in [-0.25, -0.2) is 8.42 Å². The molecule has 0 aliphatic carbocycles. The fourth-order valence-electron chi connectivity index (χ4n) is 3.23. The number of amides is 1. The van der Waals surface area contributed by atoms with E-state index in [9.17, 15) is 13.2 Å². The number of nitrogens with one attached hydrogen (secondary N) is 1. The van der Waals surface area contributed by atoms with E-state index in [1.165, 1.54) is 10.6 Å². The maximum atomic E-state index is 12.2. The average molecular weight is 389 g/mol. The minimum Gasteiger partial charge on any atom is -0.326 e. The molecule has 27 heavy (non-hydrogen) atoms. The van der Waals surface area contributed by atoms with Crippen LogP contribution in [0.1, 0.15) is 35.1 Å². The Kier molecular flexibility index (Phi) is 6.65. The smallest absolute Gasteiger partial charge is 0.232 e. The summed E-state index contributed by atoms with van der Waals surface area (Å²) in [6, 6.07) is 11.6. The predicted octanol–water partition coefficient (Wildman–Crippen LogP) is 4.11. The zero-order valence-electron chi connectivity index (χ0n) is 16.7. The molecule has 6 heteroatoms. The Morgan fingerprint density at radius 3 is 1.85 bits per heavy atom. The number of aryl methyl sites for hydroxylation is 4. The molecule has 0 aliphatic heterocycles. The highest BCUT2D eigenvalue weighted by Gasteiger charge is 2.18. The normalized spacial score (nSPS) is 11.3. The van der Waals surface area contributed by atoms with Crippen molar-refractivity contribution in [2.75, 3.05) is 22.4 Å². The van der Waals surface area contributed by atoms with E-state index >= 15 is 0 Å². The van der Waals surface area contributed by atoms with E-state index in [1.807, 2.05) is 64.1 Å². The van der Waals surface area contributed by atoms with E-state index in [-0.39, 0.29) is 18.9 Å². The van der Waals surface area contributed by atoms with Gasteiger partial charge in [0, 0.05) is 18.7 Å². The number of hydrogen-bond donors (Lipinski definition) is 1. The highest BCUT2D eigenvalue weighted by atomic mass is 32.2. The molecule has 0 saturated heterocycles. The third kappa shape index (κ3) is 6.40. The van der Waals surface area contributed by atoms with Crippen molar-refractivity contribution in [3.05, 3.63) is 58.7 Å². The Balaban J connectivity index is 2.02. The summed E-state index contributed by atoms with van der Waals surface area (Å²) in [6.45, 7) is 8.11. The Bertz CT molecular complexity index is 896. The summed E-state index contributed by atoms with van der Waals surface area (Å²) in [7, 11) is -3.42. The molecule has 0 unspecified atom stereocenters. The summed E-state index contributed by atoms with van der Waals surface area (Å²) in [6.07, 6.45) is 1.89. The molecule has 1 N–H and O–H groups in total. The number of benzene rings is 2. The number of sulfonamides is 1. The fourth-order valence-corrected chi connectivity index (χ4v) is 4.18. The Morgan fingerprint density at radius 2 is 1.37 bits per heavy atom. The molecule has 146 valence electrons. The van der Waals surface area contributed by atoms with Gasteiger partial charge in [-0.05, 0) is 80.6 Å². The lowest BCUT2D eigenvalue weighted by Crippen LogP contribution is -2.31. The van der Waals surface area contributed by atoms with Crippen molar-refractivity contribution in [2.24, 2.45) is 0 Å². The summed E-state index contributed by atoms with van der Waals surface area (Å²) >= 11 is 0. The van der Waals surface area contributed by atoms with Gasteiger partial charge < -0.3 is 5.32 Å². The molecule has 1 amide bonds. The van der Waals surface area contributed by atoms with Crippen LogP contribution in [0.3, 0.4) is 0 Å². The third-order valence-corrected chi connectivity index (χ3v) is 5.36. The maximum Gasteiger partial charge on any atom is 0.232 e. The molecular formula is C21H28N2O3S. The van der Waals surface area contributed by atoms with E-state index in [0.717, 1.165) is 27.9 Å². The SMILES string of the molecule is Cc1cc(C)cc(NC(=O)CCCN(c2cc(C)cc(C)c2)S(C)(=O)=O)c1. The summed E-state index contributed by atoms with van der Waals surface area (Å²) < 4.78 is 25.8. The summed E-state index contributed by atoms with van der Waals surface area (Å²) in [4.78, 5) is 12.2. The molecule has 0 radical (unpaired) electrons. The first-order valence-corrected chi connectivity index (χ1v) is 10.8. The van der Waals surface area contributed by atoms with Gasteiger partial charge in [0.2, 0.25) is 15.9 Å². The van der Waals surface area contributed by atoms with Crippen LogP contribution in [0.4, 0.5) is 11.4 Å². The molecule has 0 spiro atoms. The zero-order chi connectivity index (χ0) is 20.2. The average Bonchev–Trinajstić information content (AvgIpc) is 2.48. The summed E-state index contributed by atoms with van der Waals surface area (Å²) in [5, 5.41) is 2.89. The largest absolute Gasteiger partial charge is 0.326 e. The van der Waals surface area contributed by atoms with E-state index in [2.05, 4.69) is 5.32 Å². The molecule has 0 heterocycles. The van der Waals surface area contributed by atoms with Gasteiger partial charge in [0.1, 0.15) is 0 Å². The number of hydrogen-bond acceptors (Lipinski definition) is 3. The van der Waals surface area contributed by atoms with Crippen molar-refractivity contribution < 1.29 is 13.2 Å².